The van der Waals surface area contributed by atoms with Crippen LogP contribution in [-0.2, 0) is 9.59 Å². The van der Waals surface area contributed by atoms with Crippen molar-refractivity contribution in [3.05, 3.63) is 54.6 Å². The summed E-state index contributed by atoms with van der Waals surface area (Å²) >= 11 is 1.32. The van der Waals surface area contributed by atoms with Gasteiger partial charge in [-0.15, -0.1) is 0 Å². The number of carboxylic acids is 1. The molecule has 4 aromatic rings. The Bertz CT molecular complexity index is 1450. The second-order valence-electron chi connectivity index (χ2n) is 7.14. The summed E-state index contributed by atoms with van der Waals surface area (Å²) in [5.74, 6) is -2.38. The van der Waals surface area contributed by atoms with Gasteiger partial charge in [0.1, 0.15) is 5.69 Å². The molecule has 11 nitrogen and oxygen atoms in total. The van der Waals surface area contributed by atoms with Crippen LogP contribution in [0.3, 0.4) is 0 Å². The number of ether oxygens (including phenoxy) is 1. The maximum absolute atomic E-state index is 13.0. The summed E-state index contributed by atoms with van der Waals surface area (Å²) in [6.45, 7) is 1.47. The number of aliphatic carboxylic acids is 1. The van der Waals surface area contributed by atoms with E-state index in [-0.39, 0.29) is 17.5 Å². The number of nitrogens with one attached hydrogen (secondary N) is 1. The van der Waals surface area contributed by atoms with Crippen LogP contribution in [0.4, 0.5) is 24.0 Å². The van der Waals surface area contributed by atoms with Crippen molar-refractivity contribution >= 4 is 45.5 Å². The number of hydrogen-bond donors (Lipinski definition) is 2. The highest BCUT2D eigenvalue weighted by atomic mass is 32.1. The first-order valence-corrected chi connectivity index (χ1v) is 11.0. The molecule has 4 rings (SSSR count). The van der Waals surface area contributed by atoms with Gasteiger partial charge < -0.3 is 15.2 Å². The summed E-state index contributed by atoms with van der Waals surface area (Å²) in [5, 5.41) is 10.5. The number of methoxy groups -OCH3 is 1. The van der Waals surface area contributed by atoms with E-state index in [1.54, 1.807) is 31.6 Å². The van der Waals surface area contributed by atoms with E-state index >= 15 is 0 Å². The predicted octanol–water partition coefficient (Wildman–Crippen LogP) is 3.73. The Hall–Kier alpha value is -4.53. The van der Waals surface area contributed by atoms with Crippen molar-refractivity contribution in [2.45, 2.75) is 13.1 Å². The number of thiazole rings is 1. The van der Waals surface area contributed by atoms with Gasteiger partial charge >= 0.3 is 12.1 Å². The van der Waals surface area contributed by atoms with Crippen LogP contribution in [-0.4, -0.2) is 62.6 Å². The van der Waals surface area contributed by atoms with Crippen LogP contribution in [0.2, 0.25) is 0 Å². The van der Waals surface area contributed by atoms with E-state index in [0.717, 1.165) is 4.88 Å². The van der Waals surface area contributed by atoms with Crippen LogP contribution in [0.1, 0.15) is 17.4 Å². The molecule has 2 amide bonds. The van der Waals surface area contributed by atoms with Gasteiger partial charge in [0, 0.05) is 26.4 Å². The number of amides is 2. The second kappa shape index (κ2) is 11.0. The standard InChI is InChI=1S/C20H18N6O3S.C2HF3O2/c1-12(27)25(2)20-22-11-15(30-20)17-24-16(14-8-4-5-10-26(14)17)18(28)23-13-7-6-9-21-19(13)29-3;3-2(4,5)1(6)7/h4-11H,1-3H3,(H,23,28);(H,6,7). The third kappa shape index (κ3) is 6.19. The van der Waals surface area contributed by atoms with Gasteiger partial charge in [0.15, 0.2) is 16.6 Å². The van der Waals surface area contributed by atoms with Crippen molar-refractivity contribution in [1.82, 2.24) is 19.4 Å². The minimum absolute atomic E-state index is 0.116. The fourth-order valence-corrected chi connectivity index (χ4v) is 3.78. The first-order valence-electron chi connectivity index (χ1n) is 10.2. The highest BCUT2D eigenvalue weighted by Crippen LogP contribution is 2.32. The molecule has 0 radical (unpaired) electrons. The van der Waals surface area contributed by atoms with Crippen LogP contribution in [0.25, 0.3) is 16.2 Å². The molecule has 0 bridgehead atoms. The van der Waals surface area contributed by atoms with Gasteiger partial charge in [-0.3, -0.25) is 18.9 Å². The molecule has 2 N–H and O–H groups in total. The summed E-state index contributed by atoms with van der Waals surface area (Å²) in [6, 6.07) is 8.92. The molecule has 194 valence electrons. The van der Waals surface area contributed by atoms with E-state index in [4.69, 9.17) is 14.6 Å². The Morgan fingerprint density at radius 3 is 2.49 bits per heavy atom. The Labute approximate surface area is 211 Å². The Morgan fingerprint density at radius 1 is 1.16 bits per heavy atom. The quantitative estimate of drug-likeness (QED) is 0.393. The highest BCUT2D eigenvalue weighted by molar-refractivity contribution is 7.19. The van der Waals surface area contributed by atoms with Crippen LogP contribution in [0.15, 0.2) is 48.9 Å². The third-order valence-electron chi connectivity index (χ3n) is 4.69. The lowest BCUT2D eigenvalue weighted by Crippen LogP contribution is -2.22. The van der Waals surface area contributed by atoms with E-state index in [9.17, 15) is 22.8 Å². The number of rotatable bonds is 5. The van der Waals surface area contributed by atoms with Gasteiger partial charge in [-0.1, -0.05) is 17.4 Å². The molecule has 15 heteroatoms. The van der Waals surface area contributed by atoms with Gasteiger partial charge in [-0.05, 0) is 24.3 Å². The van der Waals surface area contributed by atoms with E-state index in [1.165, 1.54) is 30.3 Å². The Kier molecular flexibility index (Phi) is 8.07. The second-order valence-corrected chi connectivity index (χ2v) is 8.15. The first-order chi connectivity index (χ1) is 17.4. The summed E-state index contributed by atoms with van der Waals surface area (Å²) < 4.78 is 38.8. The molecule has 0 fully saturated rings. The number of fused-ring (bicyclic) bond motifs is 1. The number of anilines is 2. The van der Waals surface area contributed by atoms with Crippen molar-refractivity contribution in [2.24, 2.45) is 0 Å². The van der Waals surface area contributed by atoms with E-state index < -0.39 is 12.1 Å². The maximum Gasteiger partial charge on any atom is 0.490 e. The SMILES string of the molecule is COc1ncccc1NC(=O)c1nc(-c2cnc(N(C)C(C)=O)s2)n2ccccc12.O=C(O)C(F)(F)F. The summed E-state index contributed by atoms with van der Waals surface area (Å²) in [6.07, 6.45) is -0.0295. The molecule has 0 aromatic carbocycles. The topological polar surface area (TPSA) is 139 Å². The van der Waals surface area contributed by atoms with Crippen LogP contribution in [0.5, 0.6) is 5.88 Å². The van der Waals surface area contributed by atoms with Gasteiger partial charge in [-0.25, -0.2) is 19.7 Å². The number of aromatic nitrogens is 4. The van der Waals surface area contributed by atoms with E-state index in [1.807, 2.05) is 28.8 Å². The van der Waals surface area contributed by atoms with E-state index in [2.05, 4.69) is 20.3 Å². The molecule has 0 aliphatic rings. The molecule has 37 heavy (non-hydrogen) atoms. The van der Waals surface area contributed by atoms with Crippen LogP contribution >= 0.6 is 11.3 Å². The molecular weight excluding hydrogens is 517 g/mol. The Morgan fingerprint density at radius 2 is 1.86 bits per heavy atom. The summed E-state index contributed by atoms with van der Waals surface area (Å²) in [5.41, 5.74) is 1.35. The first kappa shape index (κ1) is 27.1. The monoisotopic (exact) mass is 536 g/mol. The fourth-order valence-electron chi connectivity index (χ4n) is 2.87. The van der Waals surface area contributed by atoms with Crippen molar-refractivity contribution in [1.29, 1.82) is 0 Å². The molecule has 0 aliphatic heterocycles. The molecule has 4 heterocycles. The number of imidazole rings is 1. The number of carboxylic acid groups (broad SMARTS) is 1. The van der Waals surface area contributed by atoms with Crippen molar-refractivity contribution < 1.29 is 37.4 Å². The van der Waals surface area contributed by atoms with Gasteiger partial charge in [0.25, 0.3) is 5.91 Å². The largest absolute Gasteiger partial charge is 0.490 e. The molecule has 0 aliphatic carbocycles. The van der Waals surface area contributed by atoms with Crippen LogP contribution < -0.4 is 15.0 Å². The minimum atomic E-state index is -5.08. The number of halogens is 3. The van der Waals surface area contributed by atoms with Gasteiger partial charge in [-0.2, -0.15) is 13.2 Å². The average Bonchev–Trinajstić information content (AvgIpc) is 3.49. The number of alkyl halides is 3. The number of nitrogens with zero attached hydrogens (tertiary/aromatic N) is 5. The molecule has 0 saturated heterocycles. The van der Waals surface area contributed by atoms with Gasteiger partial charge in [0.2, 0.25) is 11.8 Å². The van der Waals surface area contributed by atoms with Crippen LogP contribution in [0, 0.1) is 0 Å². The minimum Gasteiger partial charge on any atom is -0.480 e. The van der Waals surface area contributed by atoms with Crippen molar-refractivity contribution in [3.63, 3.8) is 0 Å². The molecular formula is C22H19F3N6O5S. The lowest BCUT2D eigenvalue weighted by atomic mass is 10.3. The zero-order valence-electron chi connectivity index (χ0n) is 19.5. The predicted molar refractivity (Wildman–Crippen MR) is 128 cm³/mol. The lowest BCUT2D eigenvalue weighted by molar-refractivity contribution is -0.192. The smallest absolute Gasteiger partial charge is 0.480 e. The normalized spacial score (nSPS) is 10.9. The summed E-state index contributed by atoms with van der Waals surface area (Å²) in [4.78, 5) is 48.7. The van der Waals surface area contributed by atoms with Crippen molar-refractivity contribution in [3.8, 4) is 16.6 Å². The molecule has 0 atom stereocenters. The zero-order valence-corrected chi connectivity index (χ0v) is 20.3. The maximum atomic E-state index is 13.0. The number of hydrogen-bond acceptors (Lipinski definition) is 8. The van der Waals surface area contributed by atoms with Gasteiger partial charge in [0.05, 0.1) is 23.7 Å². The van der Waals surface area contributed by atoms with E-state index in [0.29, 0.717) is 28.0 Å². The fraction of sp³-hybridized carbons (Fsp3) is 0.182. The molecule has 4 aromatic heterocycles. The molecule has 0 saturated carbocycles. The zero-order chi connectivity index (χ0) is 27.3. The Balaban J connectivity index is 0.000000479. The lowest BCUT2D eigenvalue weighted by Gasteiger charge is -2.09. The number of carbonyl (C=O) groups excluding carboxylic acids is 2. The number of pyridine rings is 2. The highest BCUT2D eigenvalue weighted by Gasteiger charge is 2.38. The third-order valence-corrected chi connectivity index (χ3v) is 5.76. The van der Waals surface area contributed by atoms with Crippen molar-refractivity contribution in [2.75, 3.05) is 24.4 Å². The average molecular weight is 536 g/mol. The molecule has 0 unspecified atom stereocenters. The summed E-state index contributed by atoms with van der Waals surface area (Å²) in [7, 11) is 3.15. The molecule has 0 spiro atoms. The number of carbonyl (C=O) groups is 3.